The van der Waals surface area contributed by atoms with E-state index >= 15 is 0 Å². The highest BCUT2D eigenvalue weighted by Gasteiger charge is 2.48. The Labute approximate surface area is 206 Å². The molecule has 186 valence electrons. The number of carbonyl (C=O) groups is 3. The number of likely N-dealkylation sites (tertiary alicyclic amines) is 1. The molecule has 1 aliphatic heterocycles. The van der Waals surface area contributed by atoms with Gasteiger partial charge in [0.15, 0.2) is 0 Å². The van der Waals surface area contributed by atoms with Crippen LogP contribution in [0.3, 0.4) is 0 Å². The predicted octanol–water partition coefficient (Wildman–Crippen LogP) is 4.51. The highest BCUT2D eigenvalue weighted by molar-refractivity contribution is 5.82. The van der Waals surface area contributed by atoms with Gasteiger partial charge in [0.2, 0.25) is 5.91 Å². The molecule has 2 aromatic rings. The Balaban J connectivity index is 1.37. The van der Waals surface area contributed by atoms with Crippen molar-refractivity contribution in [2.24, 2.45) is 17.3 Å². The van der Waals surface area contributed by atoms with E-state index in [0.717, 1.165) is 22.3 Å². The molecule has 7 heteroatoms. The van der Waals surface area contributed by atoms with Gasteiger partial charge in [-0.05, 0) is 41.0 Å². The minimum Gasteiger partial charge on any atom is -0.481 e. The molecule has 2 aliphatic rings. The Bertz CT molecular complexity index is 1080. The molecule has 0 bridgehead atoms. The zero-order valence-electron chi connectivity index (χ0n) is 20.8. The van der Waals surface area contributed by atoms with Gasteiger partial charge < -0.3 is 20.1 Å². The normalized spacial score (nSPS) is 22.0. The number of carbonyl (C=O) groups excluding carboxylic acids is 2. The van der Waals surface area contributed by atoms with Crippen molar-refractivity contribution < 1.29 is 24.2 Å². The van der Waals surface area contributed by atoms with E-state index in [0.29, 0.717) is 6.54 Å². The van der Waals surface area contributed by atoms with Crippen molar-refractivity contribution in [2.75, 3.05) is 19.7 Å². The molecule has 2 N–H and O–H groups in total. The topological polar surface area (TPSA) is 95.9 Å². The van der Waals surface area contributed by atoms with Crippen molar-refractivity contribution in [1.82, 2.24) is 10.2 Å². The van der Waals surface area contributed by atoms with Crippen LogP contribution in [-0.2, 0) is 14.3 Å². The molecule has 2 amide bonds. The number of aliphatic carboxylic acids is 1. The zero-order valence-corrected chi connectivity index (χ0v) is 20.8. The van der Waals surface area contributed by atoms with E-state index in [9.17, 15) is 19.5 Å². The van der Waals surface area contributed by atoms with E-state index in [4.69, 9.17) is 4.74 Å². The van der Waals surface area contributed by atoms with Crippen LogP contribution in [0.1, 0.15) is 51.2 Å². The third kappa shape index (κ3) is 4.77. The second-order valence-electron chi connectivity index (χ2n) is 10.4. The number of ether oxygens (including phenoxy) is 1. The minimum atomic E-state index is -0.955. The number of nitrogens with zero attached hydrogens (tertiary/aromatic N) is 1. The molecule has 4 rings (SSSR count). The van der Waals surface area contributed by atoms with E-state index in [-0.39, 0.29) is 43.2 Å². The lowest BCUT2D eigenvalue weighted by molar-refractivity contribution is -0.149. The van der Waals surface area contributed by atoms with Crippen LogP contribution in [0.5, 0.6) is 0 Å². The Morgan fingerprint density at radius 2 is 1.66 bits per heavy atom. The summed E-state index contributed by atoms with van der Waals surface area (Å²) < 4.78 is 5.66. The maximum atomic E-state index is 13.0. The molecule has 1 saturated heterocycles. The fraction of sp³-hybridized carbons (Fsp3) is 0.464. The van der Waals surface area contributed by atoms with Gasteiger partial charge in [0.25, 0.3) is 0 Å². The Hall–Kier alpha value is -3.35. The molecule has 35 heavy (non-hydrogen) atoms. The van der Waals surface area contributed by atoms with Gasteiger partial charge >= 0.3 is 12.1 Å². The van der Waals surface area contributed by atoms with Crippen LogP contribution in [0.15, 0.2) is 48.5 Å². The van der Waals surface area contributed by atoms with Crippen molar-refractivity contribution in [3.05, 3.63) is 59.7 Å². The standard InChI is InChI=1S/C28H34N2O5/c1-17(2)24(13-25(31)30-14-18(3)28(4,16-30)26(32)33)29-27(34)35-15-23-21-11-7-5-9-19(21)20-10-6-8-12-22(20)23/h5-12,17-18,23-24H,13-16H2,1-4H3,(H,29,34)(H,32,33)/t18-,24?,28-/m0/s1. The fourth-order valence-electron chi connectivity index (χ4n) is 5.18. The van der Waals surface area contributed by atoms with Gasteiger partial charge in [-0.3, -0.25) is 9.59 Å². The van der Waals surface area contributed by atoms with E-state index < -0.39 is 23.5 Å². The summed E-state index contributed by atoms with van der Waals surface area (Å²) in [5, 5.41) is 12.5. The molecule has 2 aromatic carbocycles. The van der Waals surface area contributed by atoms with Gasteiger partial charge in [-0.2, -0.15) is 0 Å². The lowest BCUT2D eigenvalue weighted by Crippen LogP contribution is -2.44. The maximum Gasteiger partial charge on any atom is 0.407 e. The van der Waals surface area contributed by atoms with Crippen LogP contribution in [0, 0.1) is 17.3 Å². The summed E-state index contributed by atoms with van der Waals surface area (Å²) in [7, 11) is 0. The predicted molar refractivity (Wildman–Crippen MR) is 133 cm³/mol. The quantitative estimate of drug-likeness (QED) is 0.611. The van der Waals surface area contributed by atoms with Crippen molar-refractivity contribution in [2.45, 2.75) is 46.1 Å². The first-order valence-corrected chi connectivity index (χ1v) is 12.2. The van der Waals surface area contributed by atoms with Crippen LogP contribution in [0.2, 0.25) is 0 Å². The first-order chi connectivity index (χ1) is 16.6. The van der Waals surface area contributed by atoms with Crippen LogP contribution in [0.4, 0.5) is 4.79 Å². The fourth-order valence-corrected chi connectivity index (χ4v) is 5.18. The second-order valence-corrected chi connectivity index (χ2v) is 10.4. The van der Waals surface area contributed by atoms with E-state index in [1.54, 1.807) is 11.8 Å². The molecule has 7 nitrogen and oxygen atoms in total. The molecule has 1 unspecified atom stereocenters. The van der Waals surface area contributed by atoms with Crippen LogP contribution in [-0.4, -0.2) is 53.7 Å². The van der Waals surface area contributed by atoms with Gasteiger partial charge in [-0.15, -0.1) is 0 Å². The minimum absolute atomic E-state index is 0.00492. The SMILES string of the molecule is CC(C)C(CC(=O)N1C[C@H](C)[C@@](C)(C(=O)O)C1)NC(=O)OCC1c2ccccc2-c2ccccc21. The Morgan fingerprint density at radius 3 is 2.17 bits per heavy atom. The third-order valence-electron chi connectivity index (χ3n) is 7.79. The van der Waals surface area contributed by atoms with Crippen molar-refractivity contribution in [3.8, 4) is 11.1 Å². The van der Waals surface area contributed by atoms with Crippen LogP contribution >= 0.6 is 0 Å². The number of alkyl carbamates (subject to hydrolysis) is 1. The van der Waals surface area contributed by atoms with E-state index in [2.05, 4.69) is 29.6 Å². The van der Waals surface area contributed by atoms with Gasteiger partial charge in [-0.25, -0.2) is 4.79 Å². The number of hydrogen-bond donors (Lipinski definition) is 2. The lowest BCUT2D eigenvalue weighted by atomic mass is 9.81. The number of fused-ring (bicyclic) bond motifs is 3. The number of amides is 2. The number of carboxylic acids is 1. The van der Waals surface area contributed by atoms with Crippen LogP contribution < -0.4 is 5.32 Å². The third-order valence-corrected chi connectivity index (χ3v) is 7.79. The van der Waals surface area contributed by atoms with Crippen molar-refractivity contribution in [3.63, 3.8) is 0 Å². The largest absolute Gasteiger partial charge is 0.481 e. The van der Waals surface area contributed by atoms with Crippen molar-refractivity contribution >= 4 is 18.0 Å². The molecule has 3 atom stereocenters. The summed E-state index contributed by atoms with van der Waals surface area (Å²) in [6.07, 6.45) is -0.451. The number of nitrogens with one attached hydrogen (secondary N) is 1. The van der Waals surface area contributed by atoms with Gasteiger partial charge in [0.05, 0.1) is 5.41 Å². The first kappa shape index (κ1) is 24.8. The highest BCUT2D eigenvalue weighted by atomic mass is 16.5. The van der Waals surface area contributed by atoms with Gasteiger partial charge in [-0.1, -0.05) is 69.3 Å². The summed E-state index contributed by atoms with van der Waals surface area (Å²) in [5.41, 5.74) is 3.65. The number of hydrogen-bond acceptors (Lipinski definition) is 4. The average Bonchev–Trinajstić information content (AvgIpc) is 3.32. The summed E-state index contributed by atoms with van der Waals surface area (Å²) >= 11 is 0. The van der Waals surface area contributed by atoms with E-state index in [1.807, 2.05) is 45.0 Å². The highest BCUT2D eigenvalue weighted by Crippen LogP contribution is 2.44. The molecule has 0 spiro atoms. The van der Waals surface area contributed by atoms with Gasteiger partial charge in [0, 0.05) is 31.5 Å². The molecule has 1 fully saturated rings. The van der Waals surface area contributed by atoms with Crippen molar-refractivity contribution in [1.29, 1.82) is 0 Å². The second kappa shape index (κ2) is 9.72. The Morgan fingerprint density at radius 1 is 1.09 bits per heavy atom. The molecule has 1 heterocycles. The molecule has 0 aromatic heterocycles. The zero-order chi connectivity index (χ0) is 25.3. The number of benzene rings is 2. The van der Waals surface area contributed by atoms with Crippen LogP contribution in [0.25, 0.3) is 11.1 Å². The van der Waals surface area contributed by atoms with E-state index in [1.165, 1.54) is 0 Å². The molecule has 0 saturated carbocycles. The summed E-state index contributed by atoms with van der Waals surface area (Å²) in [4.78, 5) is 39.0. The number of rotatable bonds is 7. The summed E-state index contributed by atoms with van der Waals surface area (Å²) in [5.74, 6) is -1.22. The summed E-state index contributed by atoms with van der Waals surface area (Å²) in [6.45, 7) is 8.21. The molecule has 0 radical (unpaired) electrons. The average molecular weight is 479 g/mol. The maximum absolute atomic E-state index is 13.0. The molecular weight excluding hydrogens is 444 g/mol. The number of carboxylic acid groups (broad SMARTS) is 1. The monoisotopic (exact) mass is 478 g/mol. The molecule has 1 aliphatic carbocycles. The first-order valence-electron chi connectivity index (χ1n) is 12.2. The summed E-state index contributed by atoms with van der Waals surface area (Å²) in [6, 6.07) is 15.9. The Kier molecular flexibility index (Phi) is 6.88. The lowest BCUT2D eigenvalue weighted by Gasteiger charge is -2.26. The molecular formula is C28H34N2O5. The smallest absolute Gasteiger partial charge is 0.407 e. The van der Waals surface area contributed by atoms with Gasteiger partial charge in [0.1, 0.15) is 6.61 Å².